The van der Waals surface area contributed by atoms with E-state index in [4.69, 9.17) is 0 Å². The number of rotatable bonds is 4. The Bertz CT molecular complexity index is 506. The van der Waals surface area contributed by atoms with Crippen molar-refractivity contribution >= 4 is 11.7 Å². The summed E-state index contributed by atoms with van der Waals surface area (Å²) in [7, 11) is 0. The fourth-order valence-electron chi connectivity index (χ4n) is 3.23. The summed E-state index contributed by atoms with van der Waals surface area (Å²) in [5, 5.41) is 12.7. The van der Waals surface area contributed by atoms with Crippen molar-refractivity contribution in [1.82, 2.24) is 9.97 Å². The average Bonchev–Trinajstić information content (AvgIpc) is 2.37. The van der Waals surface area contributed by atoms with Gasteiger partial charge in [0.05, 0.1) is 11.9 Å². The van der Waals surface area contributed by atoms with Gasteiger partial charge in [-0.25, -0.2) is 14.8 Å². The minimum Gasteiger partial charge on any atom is -0.476 e. The Kier molecular flexibility index (Phi) is 4.80. The van der Waals surface area contributed by atoms with Gasteiger partial charge < -0.3 is 10.4 Å². The van der Waals surface area contributed by atoms with E-state index < -0.39 is 5.97 Å². The minimum absolute atomic E-state index is 0.0829. The fraction of sp³-hybridized carbons (Fsp3) is 0.688. The lowest BCUT2D eigenvalue weighted by molar-refractivity contribution is 0.0691. The molecule has 1 aromatic rings. The lowest BCUT2D eigenvalue weighted by Crippen LogP contribution is -2.31. The summed E-state index contributed by atoms with van der Waals surface area (Å²) in [6.07, 6.45) is 4.99. The number of carbonyl (C=O) groups is 1. The van der Waals surface area contributed by atoms with E-state index in [1.807, 2.05) is 13.8 Å². The maximum absolute atomic E-state index is 11.4. The molecule has 2 rings (SSSR count). The van der Waals surface area contributed by atoms with Crippen molar-refractivity contribution in [3.63, 3.8) is 0 Å². The molecular weight excluding hydrogens is 266 g/mol. The summed E-state index contributed by atoms with van der Waals surface area (Å²) >= 11 is 0. The van der Waals surface area contributed by atoms with E-state index in [1.54, 1.807) is 6.20 Å². The van der Waals surface area contributed by atoms with Gasteiger partial charge in [0.25, 0.3) is 0 Å². The fourth-order valence-corrected chi connectivity index (χ4v) is 3.23. The van der Waals surface area contributed by atoms with Crippen LogP contribution in [0.5, 0.6) is 0 Å². The number of anilines is 1. The van der Waals surface area contributed by atoms with Crippen molar-refractivity contribution in [2.75, 3.05) is 5.32 Å². The molecule has 2 unspecified atom stereocenters. The summed E-state index contributed by atoms with van der Waals surface area (Å²) in [6.45, 7) is 8.42. The number of carboxylic acids is 1. The average molecular weight is 291 g/mol. The van der Waals surface area contributed by atoms with Crippen LogP contribution in [-0.2, 0) is 0 Å². The summed E-state index contributed by atoms with van der Waals surface area (Å²) in [4.78, 5) is 19.9. The Labute approximate surface area is 126 Å². The highest BCUT2D eigenvalue weighted by Crippen LogP contribution is 2.31. The molecule has 0 aliphatic heterocycles. The van der Waals surface area contributed by atoms with Gasteiger partial charge in [-0.1, -0.05) is 27.7 Å². The van der Waals surface area contributed by atoms with Gasteiger partial charge in [0.2, 0.25) is 0 Å². The Balaban J connectivity index is 2.21. The molecule has 1 aliphatic carbocycles. The first-order chi connectivity index (χ1) is 9.86. The summed E-state index contributed by atoms with van der Waals surface area (Å²) < 4.78 is 0. The molecule has 1 aliphatic rings. The predicted octanol–water partition coefficient (Wildman–Crippen LogP) is 3.53. The number of hydrogen-bond acceptors (Lipinski definition) is 4. The van der Waals surface area contributed by atoms with Crippen molar-refractivity contribution in [2.45, 2.75) is 58.9 Å². The van der Waals surface area contributed by atoms with Gasteiger partial charge >= 0.3 is 5.97 Å². The van der Waals surface area contributed by atoms with Crippen LogP contribution in [-0.4, -0.2) is 27.1 Å². The third-order valence-electron chi connectivity index (χ3n) is 4.06. The van der Waals surface area contributed by atoms with Crippen LogP contribution in [0.3, 0.4) is 0 Å². The number of nitrogens with zero attached hydrogens (tertiary/aromatic N) is 2. The molecule has 2 N–H and O–H groups in total. The number of aromatic nitrogens is 2. The molecule has 1 heterocycles. The van der Waals surface area contributed by atoms with E-state index in [9.17, 15) is 9.90 Å². The molecule has 1 aromatic heterocycles. The highest BCUT2D eigenvalue weighted by Gasteiger charge is 2.25. The van der Waals surface area contributed by atoms with E-state index in [0.29, 0.717) is 29.4 Å². The van der Waals surface area contributed by atoms with Crippen LogP contribution >= 0.6 is 0 Å². The zero-order valence-corrected chi connectivity index (χ0v) is 13.3. The van der Waals surface area contributed by atoms with Crippen LogP contribution in [0.1, 0.15) is 69.2 Å². The number of nitrogens with one attached hydrogen (secondary N) is 1. The quantitative estimate of drug-likeness (QED) is 0.887. The van der Waals surface area contributed by atoms with E-state index in [1.165, 1.54) is 6.42 Å². The topological polar surface area (TPSA) is 75.1 Å². The molecule has 5 nitrogen and oxygen atoms in total. The van der Waals surface area contributed by atoms with Crippen molar-refractivity contribution in [3.05, 3.63) is 17.7 Å². The van der Waals surface area contributed by atoms with E-state index >= 15 is 0 Å². The maximum atomic E-state index is 11.4. The standard InChI is InChI=1S/C16H25N3O2/c1-9(2)15-17-8-13(14(19-15)16(20)21)18-12-6-10(3)5-11(4)7-12/h8-12,18H,5-7H2,1-4H3,(H,20,21). The molecule has 0 aromatic carbocycles. The molecule has 5 heteroatoms. The highest BCUT2D eigenvalue weighted by molar-refractivity contribution is 5.91. The van der Waals surface area contributed by atoms with Gasteiger partial charge in [-0.3, -0.25) is 0 Å². The van der Waals surface area contributed by atoms with Gasteiger partial charge in [0.1, 0.15) is 5.82 Å². The largest absolute Gasteiger partial charge is 0.476 e. The second kappa shape index (κ2) is 6.41. The molecule has 21 heavy (non-hydrogen) atoms. The maximum Gasteiger partial charge on any atom is 0.356 e. The monoisotopic (exact) mass is 291 g/mol. The molecule has 1 fully saturated rings. The lowest BCUT2D eigenvalue weighted by Gasteiger charge is -2.32. The molecule has 1 saturated carbocycles. The smallest absolute Gasteiger partial charge is 0.356 e. The van der Waals surface area contributed by atoms with Crippen LogP contribution in [0.25, 0.3) is 0 Å². The normalized spacial score (nSPS) is 25.9. The van der Waals surface area contributed by atoms with Gasteiger partial charge in [0, 0.05) is 12.0 Å². The molecular formula is C16H25N3O2. The third-order valence-corrected chi connectivity index (χ3v) is 4.06. The Morgan fingerprint density at radius 2 is 1.90 bits per heavy atom. The van der Waals surface area contributed by atoms with Crippen LogP contribution in [0.15, 0.2) is 6.20 Å². The Morgan fingerprint density at radius 3 is 2.43 bits per heavy atom. The van der Waals surface area contributed by atoms with Gasteiger partial charge in [-0.2, -0.15) is 0 Å². The van der Waals surface area contributed by atoms with Crippen molar-refractivity contribution in [3.8, 4) is 0 Å². The minimum atomic E-state index is -1.00. The predicted molar refractivity (Wildman–Crippen MR) is 82.7 cm³/mol. The molecule has 0 radical (unpaired) electrons. The molecule has 116 valence electrons. The molecule has 0 amide bonds. The summed E-state index contributed by atoms with van der Waals surface area (Å²) in [5.74, 6) is 1.01. The molecule has 2 atom stereocenters. The van der Waals surface area contributed by atoms with Crippen molar-refractivity contribution < 1.29 is 9.90 Å². The second-order valence-corrected chi connectivity index (χ2v) is 6.71. The number of aromatic carboxylic acids is 1. The van der Waals surface area contributed by atoms with Crippen molar-refractivity contribution in [1.29, 1.82) is 0 Å². The number of hydrogen-bond donors (Lipinski definition) is 2. The number of carboxylic acid groups (broad SMARTS) is 1. The summed E-state index contributed by atoms with van der Waals surface area (Å²) in [5.41, 5.74) is 0.623. The van der Waals surface area contributed by atoms with Gasteiger partial charge in [-0.15, -0.1) is 0 Å². The molecule has 0 saturated heterocycles. The third kappa shape index (κ3) is 3.93. The van der Waals surface area contributed by atoms with E-state index in [-0.39, 0.29) is 11.6 Å². The highest BCUT2D eigenvalue weighted by atomic mass is 16.4. The van der Waals surface area contributed by atoms with Gasteiger partial charge in [-0.05, 0) is 31.1 Å². The van der Waals surface area contributed by atoms with Crippen LogP contribution < -0.4 is 5.32 Å². The second-order valence-electron chi connectivity index (χ2n) is 6.71. The van der Waals surface area contributed by atoms with E-state index in [0.717, 1.165) is 12.8 Å². The van der Waals surface area contributed by atoms with Gasteiger partial charge in [0.15, 0.2) is 5.69 Å². The van der Waals surface area contributed by atoms with Crippen LogP contribution in [0.4, 0.5) is 5.69 Å². The lowest BCUT2D eigenvalue weighted by atomic mass is 9.80. The van der Waals surface area contributed by atoms with Crippen molar-refractivity contribution in [2.24, 2.45) is 11.8 Å². The van der Waals surface area contributed by atoms with E-state index in [2.05, 4.69) is 29.1 Å². The zero-order chi connectivity index (χ0) is 15.6. The molecule has 0 bridgehead atoms. The zero-order valence-electron chi connectivity index (χ0n) is 13.3. The first-order valence-corrected chi connectivity index (χ1v) is 7.73. The Hall–Kier alpha value is -1.65. The Morgan fingerprint density at radius 1 is 1.29 bits per heavy atom. The van der Waals surface area contributed by atoms with Crippen LogP contribution in [0.2, 0.25) is 0 Å². The first-order valence-electron chi connectivity index (χ1n) is 7.73. The first kappa shape index (κ1) is 15.7. The summed E-state index contributed by atoms with van der Waals surface area (Å²) in [6, 6.07) is 0.301. The molecule has 0 spiro atoms. The van der Waals surface area contributed by atoms with Crippen LogP contribution in [0, 0.1) is 11.8 Å². The SMILES string of the molecule is CC1CC(C)CC(Nc2cnc(C(C)C)nc2C(=O)O)C1.